The molecule has 0 aliphatic heterocycles. The van der Waals surface area contributed by atoms with Crippen molar-refractivity contribution in [3.8, 4) is 0 Å². The van der Waals surface area contributed by atoms with E-state index in [0.717, 1.165) is 17.1 Å². The van der Waals surface area contributed by atoms with Crippen molar-refractivity contribution in [2.24, 2.45) is 5.73 Å². The average Bonchev–Trinajstić information content (AvgIpc) is 2.39. The molecule has 1 aromatic heterocycles. The molecule has 1 heterocycles. The summed E-state index contributed by atoms with van der Waals surface area (Å²) in [5.41, 5.74) is 9.24. The topological polar surface area (TPSA) is 50.9 Å². The third-order valence-corrected chi connectivity index (χ3v) is 3.12. The Kier molecular flexibility index (Phi) is 3.86. The van der Waals surface area contributed by atoms with Crippen LogP contribution < -0.4 is 11.1 Å². The maximum atomic E-state index is 5.71. The smallest absolute Gasteiger partial charge is 0.134 e. The van der Waals surface area contributed by atoms with Crippen molar-refractivity contribution in [1.82, 2.24) is 4.98 Å². The highest BCUT2D eigenvalue weighted by Crippen LogP contribution is 2.25. The molecule has 3 nitrogen and oxygen atoms in total. The van der Waals surface area contributed by atoms with Gasteiger partial charge in [0.25, 0.3) is 0 Å². The van der Waals surface area contributed by atoms with Crippen molar-refractivity contribution < 1.29 is 0 Å². The minimum Gasteiger partial charge on any atom is -0.340 e. The van der Waals surface area contributed by atoms with E-state index in [0.29, 0.717) is 6.54 Å². The molecule has 0 bridgehead atoms. The molecule has 0 aliphatic carbocycles. The lowest BCUT2D eigenvalue weighted by Crippen LogP contribution is -2.10. The summed E-state index contributed by atoms with van der Waals surface area (Å²) in [7, 11) is 0. The van der Waals surface area contributed by atoms with E-state index in [1.807, 2.05) is 12.1 Å². The van der Waals surface area contributed by atoms with Crippen LogP contribution in [0.15, 0.2) is 42.6 Å². The van der Waals surface area contributed by atoms with Gasteiger partial charge in [-0.15, -0.1) is 0 Å². The van der Waals surface area contributed by atoms with Crippen LogP contribution in [0.1, 0.15) is 31.9 Å². The monoisotopic (exact) mass is 255 g/mol. The standard InChI is InChI=1S/C16H21N3/c1-16(2,3)13-6-8-14(9-7-13)19-15-12(11-17)5-4-10-18-15/h4-10H,11,17H2,1-3H3,(H,18,19). The summed E-state index contributed by atoms with van der Waals surface area (Å²) in [6, 6.07) is 12.3. The molecule has 0 radical (unpaired) electrons. The minimum absolute atomic E-state index is 0.173. The first-order chi connectivity index (χ1) is 9.00. The summed E-state index contributed by atoms with van der Waals surface area (Å²) in [6.07, 6.45) is 1.77. The summed E-state index contributed by atoms with van der Waals surface area (Å²) >= 11 is 0. The Hall–Kier alpha value is -1.87. The second-order valence-corrected chi connectivity index (χ2v) is 5.67. The number of pyridine rings is 1. The molecule has 0 atom stereocenters. The number of rotatable bonds is 3. The molecule has 0 spiro atoms. The molecule has 0 saturated carbocycles. The van der Waals surface area contributed by atoms with E-state index in [1.165, 1.54) is 5.56 Å². The SMILES string of the molecule is CC(C)(C)c1ccc(Nc2ncccc2CN)cc1. The predicted molar refractivity (Wildman–Crippen MR) is 80.6 cm³/mol. The molecule has 3 heteroatoms. The van der Waals surface area contributed by atoms with E-state index in [9.17, 15) is 0 Å². The van der Waals surface area contributed by atoms with Crippen LogP contribution in [0.4, 0.5) is 11.5 Å². The van der Waals surface area contributed by atoms with Crippen LogP contribution in [0.2, 0.25) is 0 Å². The summed E-state index contributed by atoms with van der Waals surface area (Å²) in [6.45, 7) is 7.11. The highest BCUT2D eigenvalue weighted by atomic mass is 15.0. The normalized spacial score (nSPS) is 11.4. The number of nitrogens with zero attached hydrogens (tertiary/aromatic N) is 1. The van der Waals surface area contributed by atoms with Gasteiger partial charge >= 0.3 is 0 Å². The Morgan fingerprint density at radius 1 is 1.11 bits per heavy atom. The summed E-state index contributed by atoms with van der Waals surface area (Å²) in [5.74, 6) is 0.827. The Bertz CT molecular complexity index is 539. The van der Waals surface area contributed by atoms with Crippen molar-refractivity contribution in [1.29, 1.82) is 0 Å². The molecular weight excluding hydrogens is 234 g/mol. The number of nitrogens with two attached hydrogens (primary N) is 1. The first kappa shape index (κ1) is 13.6. The molecule has 0 aliphatic rings. The van der Waals surface area contributed by atoms with E-state index < -0.39 is 0 Å². The lowest BCUT2D eigenvalue weighted by Gasteiger charge is -2.19. The predicted octanol–water partition coefficient (Wildman–Crippen LogP) is 3.58. The first-order valence-corrected chi connectivity index (χ1v) is 6.52. The van der Waals surface area contributed by atoms with E-state index in [-0.39, 0.29) is 5.41 Å². The molecule has 0 saturated heterocycles. The zero-order valence-corrected chi connectivity index (χ0v) is 11.8. The lowest BCUT2D eigenvalue weighted by molar-refractivity contribution is 0.590. The Balaban J connectivity index is 2.20. The van der Waals surface area contributed by atoms with E-state index in [2.05, 4.69) is 55.3 Å². The third kappa shape index (κ3) is 3.32. The van der Waals surface area contributed by atoms with Gasteiger partial charge in [-0.2, -0.15) is 0 Å². The molecule has 19 heavy (non-hydrogen) atoms. The molecule has 0 fully saturated rings. The molecule has 100 valence electrons. The van der Waals surface area contributed by atoms with Crippen molar-refractivity contribution in [3.63, 3.8) is 0 Å². The van der Waals surface area contributed by atoms with Gasteiger partial charge in [-0.1, -0.05) is 39.0 Å². The number of aromatic nitrogens is 1. The van der Waals surface area contributed by atoms with Crippen LogP contribution in [0.5, 0.6) is 0 Å². The van der Waals surface area contributed by atoms with Crippen LogP contribution in [-0.2, 0) is 12.0 Å². The number of benzene rings is 1. The van der Waals surface area contributed by atoms with E-state index in [1.54, 1.807) is 6.20 Å². The van der Waals surface area contributed by atoms with Crippen molar-refractivity contribution in [2.45, 2.75) is 32.7 Å². The van der Waals surface area contributed by atoms with Crippen LogP contribution in [0.3, 0.4) is 0 Å². The van der Waals surface area contributed by atoms with Gasteiger partial charge in [-0.05, 0) is 29.2 Å². The van der Waals surface area contributed by atoms with Gasteiger partial charge in [0.15, 0.2) is 0 Å². The van der Waals surface area contributed by atoms with Crippen molar-refractivity contribution in [2.75, 3.05) is 5.32 Å². The Morgan fingerprint density at radius 3 is 2.37 bits per heavy atom. The Labute approximate surface area is 114 Å². The molecular formula is C16H21N3. The van der Waals surface area contributed by atoms with Gasteiger partial charge in [-0.3, -0.25) is 0 Å². The highest BCUT2D eigenvalue weighted by Gasteiger charge is 2.12. The van der Waals surface area contributed by atoms with Crippen LogP contribution in [-0.4, -0.2) is 4.98 Å². The van der Waals surface area contributed by atoms with Crippen molar-refractivity contribution >= 4 is 11.5 Å². The second kappa shape index (κ2) is 5.41. The van der Waals surface area contributed by atoms with Crippen LogP contribution >= 0.6 is 0 Å². The zero-order valence-electron chi connectivity index (χ0n) is 11.8. The quantitative estimate of drug-likeness (QED) is 0.881. The summed E-state index contributed by atoms with van der Waals surface area (Å²) < 4.78 is 0. The number of anilines is 2. The fourth-order valence-corrected chi connectivity index (χ4v) is 1.91. The molecule has 0 unspecified atom stereocenters. The summed E-state index contributed by atoms with van der Waals surface area (Å²) in [4.78, 5) is 4.32. The highest BCUT2D eigenvalue weighted by molar-refractivity contribution is 5.59. The fourth-order valence-electron chi connectivity index (χ4n) is 1.91. The van der Waals surface area contributed by atoms with Gasteiger partial charge in [-0.25, -0.2) is 4.98 Å². The van der Waals surface area contributed by atoms with E-state index in [4.69, 9.17) is 5.73 Å². The molecule has 1 aromatic carbocycles. The number of hydrogen-bond donors (Lipinski definition) is 2. The maximum absolute atomic E-state index is 5.71. The van der Waals surface area contributed by atoms with Gasteiger partial charge in [0.2, 0.25) is 0 Å². The van der Waals surface area contributed by atoms with Gasteiger partial charge in [0, 0.05) is 24.0 Å². The van der Waals surface area contributed by atoms with E-state index >= 15 is 0 Å². The number of nitrogens with one attached hydrogen (secondary N) is 1. The molecule has 2 aromatic rings. The number of hydrogen-bond acceptors (Lipinski definition) is 3. The first-order valence-electron chi connectivity index (χ1n) is 6.52. The van der Waals surface area contributed by atoms with Gasteiger partial charge in [0.1, 0.15) is 5.82 Å². The molecule has 3 N–H and O–H groups in total. The van der Waals surface area contributed by atoms with Crippen molar-refractivity contribution in [3.05, 3.63) is 53.7 Å². The Morgan fingerprint density at radius 2 is 1.79 bits per heavy atom. The van der Waals surface area contributed by atoms with Gasteiger partial charge in [0.05, 0.1) is 0 Å². The fraction of sp³-hybridized carbons (Fsp3) is 0.312. The average molecular weight is 255 g/mol. The minimum atomic E-state index is 0.173. The largest absolute Gasteiger partial charge is 0.340 e. The molecule has 2 rings (SSSR count). The zero-order chi connectivity index (χ0) is 13.9. The lowest BCUT2D eigenvalue weighted by atomic mass is 9.87. The summed E-state index contributed by atoms with van der Waals surface area (Å²) in [5, 5.41) is 3.31. The third-order valence-electron chi connectivity index (χ3n) is 3.12. The van der Waals surface area contributed by atoms with Gasteiger partial charge < -0.3 is 11.1 Å². The maximum Gasteiger partial charge on any atom is 0.134 e. The molecule has 0 amide bonds. The van der Waals surface area contributed by atoms with Crippen LogP contribution in [0.25, 0.3) is 0 Å². The second-order valence-electron chi connectivity index (χ2n) is 5.67. The van der Waals surface area contributed by atoms with Crippen LogP contribution in [0, 0.1) is 0 Å².